The molecule has 1 aromatic rings. The van der Waals surface area contributed by atoms with Crippen molar-refractivity contribution >= 4 is 0 Å². The first-order chi connectivity index (χ1) is 7.18. The van der Waals surface area contributed by atoms with Crippen LogP contribution in [0.2, 0.25) is 0 Å². The minimum Gasteiger partial charge on any atom is -0.385 e. The molecule has 1 aliphatic rings. The third-order valence-corrected chi connectivity index (χ3v) is 2.48. The van der Waals surface area contributed by atoms with Crippen LogP contribution in [0.5, 0.6) is 0 Å². The molecule has 0 saturated carbocycles. The molecule has 0 spiro atoms. The zero-order valence-electron chi connectivity index (χ0n) is 8.03. The largest absolute Gasteiger partial charge is 0.385 e. The fourth-order valence-corrected chi connectivity index (χ4v) is 1.69. The van der Waals surface area contributed by atoms with Crippen LogP contribution in [0.1, 0.15) is 24.5 Å². The van der Waals surface area contributed by atoms with E-state index in [-0.39, 0.29) is 11.7 Å². The highest BCUT2D eigenvalue weighted by atomic mass is 16.5. The summed E-state index contributed by atoms with van der Waals surface area (Å²) < 4.78 is 5.26. The van der Waals surface area contributed by atoms with Gasteiger partial charge in [0.1, 0.15) is 6.10 Å². The molecular formula is C9H12N2O4. The molecule has 2 rings (SSSR count). The lowest BCUT2D eigenvalue weighted by Crippen LogP contribution is -2.30. The number of aliphatic hydroxyl groups is 1. The lowest BCUT2D eigenvalue weighted by Gasteiger charge is -2.16. The Labute approximate surface area is 84.9 Å². The van der Waals surface area contributed by atoms with Crippen molar-refractivity contribution in [2.24, 2.45) is 0 Å². The summed E-state index contributed by atoms with van der Waals surface area (Å²) in [5.41, 5.74) is -1.01. The van der Waals surface area contributed by atoms with Gasteiger partial charge in [0.15, 0.2) is 0 Å². The number of aliphatic hydroxyl groups excluding tert-OH is 1. The van der Waals surface area contributed by atoms with Crippen molar-refractivity contribution in [3.8, 4) is 0 Å². The van der Waals surface area contributed by atoms with Crippen molar-refractivity contribution in [1.82, 2.24) is 9.97 Å². The topological polar surface area (TPSA) is 95.2 Å². The number of nitrogens with one attached hydrogen (secondary N) is 2. The van der Waals surface area contributed by atoms with Gasteiger partial charge < -0.3 is 14.8 Å². The molecular weight excluding hydrogens is 200 g/mol. The van der Waals surface area contributed by atoms with Crippen molar-refractivity contribution in [2.75, 3.05) is 6.61 Å². The summed E-state index contributed by atoms with van der Waals surface area (Å²) in [5, 5.41) is 9.82. The van der Waals surface area contributed by atoms with Crippen LogP contribution in [0.15, 0.2) is 15.8 Å². The molecule has 0 aromatic carbocycles. The lowest BCUT2D eigenvalue weighted by atomic mass is 10.1. The normalized spacial score (nSPS) is 22.9. The second-order valence-corrected chi connectivity index (χ2v) is 3.52. The van der Waals surface area contributed by atoms with E-state index in [9.17, 15) is 14.7 Å². The number of hydrogen-bond donors (Lipinski definition) is 3. The molecule has 2 heterocycles. The number of aromatic nitrogens is 2. The average molecular weight is 212 g/mol. The lowest BCUT2D eigenvalue weighted by molar-refractivity contribution is -0.00348. The molecule has 0 aliphatic carbocycles. The molecule has 82 valence electrons. The fourth-order valence-electron chi connectivity index (χ4n) is 1.69. The Kier molecular flexibility index (Phi) is 2.70. The van der Waals surface area contributed by atoms with E-state index in [1.807, 2.05) is 0 Å². The maximum absolute atomic E-state index is 11.3. The Morgan fingerprint density at radius 1 is 1.53 bits per heavy atom. The van der Waals surface area contributed by atoms with Crippen molar-refractivity contribution in [2.45, 2.75) is 25.0 Å². The zero-order valence-corrected chi connectivity index (χ0v) is 8.03. The maximum Gasteiger partial charge on any atom is 0.325 e. The predicted octanol–water partition coefficient (Wildman–Crippen LogP) is -0.724. The van der Waals surface area contributed by atoms with Gasteiger partial charge in [-0.1, -0.05) is 0 Å². The second-order valence-electron chi connectivity index (χ2n) is 3.52. The Bertz CT molecular complexity index is 444. The van der Waals surface area contributed by atoms with Gasteiger partial charge in [-0.05, 0) is 12.8 Å². The molecule has 6 nitrogen and oxygen atoms in total. The summed E-state index contributed by atoms with van der Waals surface area (Å²) in [4.78, 5) is 26.5. The second kappa shape index (κ2) is 4.00. The molecule has 2 atom stereocenters. The molecule has 0 bridgehead atoms. The third kappa shape index (κ3) is 2.00. The van der Waals surface area contributed by atoms with Crippen LogP contribution in [-0.4, -0.2) is 27.8 Å². The molecule has 0 amide bonds. The van der Waals surface area contributed by atoms with E-state index in [1.165, 1.54) is 6.20 Å². The van der Waals surface area contributed by atoms with E-state index in [1.54, 1.807) is 0 Å². The van der Waals surface area contributed by atoms with Gasteiger partial charge >= 0.3 is 5.69 Å². The van der Waals surface area contributed by atoms with Crippen LogP contribution in [0, 0.1) is 0 Å². The highest BCUT2D eigenvalue weighted by Gasteiger charge is 2.27. The first-order valence-corrected chi connectivity index (χ1v) is 4.80. The predicted molar refractivity (Wildman–Crippen MR) is 51.6 cm³/mol. The third-order valence-electron chi connectivity index (χ3n) is 2.48. The van der Waals surface area contributed by atoms with Crippen LogP contribution < -0.4 is 11.2 Å². The average Bonchev–Trinajstić information content (AvgIpc) is 2.69. The molecule has 0 unspecified atom stereocenters. The van der Waals surface area contributed by atoms with Crippen LogP contribution in [0.4, 0.5) is 0 Å². The van der Waals surface area contributed by atoms with E-state index in [0.717, 1.165) is 12.8 Å². The van der Waals surface area contributed by atoms with Gasteiger partial charge in [-0.15, -0.1) is 0 Å². The van der Waals surface area contributed by atoms with E-state index in [4.69, 9.17) is 4.74 Å². The number of ether oxygens (including phenoxy) is 1. The highest BCUT2D eigenvalue weighted by Crippen LogP contribution is 2.23. The van der Waals surface area contributed by atoms with Gasteiger partial charge in [-0.3, -0.25) is 9.78 Å². The Morgan fingerprint density at radius 2 is 2.33 bits per heavy atom. The summed E-state index contributed by atoms with van der Waals surface area (Å²) in [7, 11) is 0. The van der Waals surface area contributed by atoms with Crippen LogP contribution in [0.25, 0.3) is 0 Å². The standard InChI is InChI=1S/C9H12N2O4/c12-7(6-2-1-3-15-6)5-4-10-9(14)11-8(5)13/h4,6-7,12H,1-3H2,(H2,10,11,13,14)/t6-,7+/m0/s1. The molecule has 0 radical (unpaired) electrons. The molecule has 15 heavy (non-hydrogen) atoms. The molecule has 6 heteroatoms. The molecule has 1 aromatic heterocycles. The quantitative estimate of drug-likeness (QED) is 0.602. The number of hydrogen-bond acceptors (Lipinski definition) is 4. The van der Waals surface area contributed by atoms with E-state index in [0.29, 0.717) is 6.61 Å². The van der Waals surface area contributed by atoms with Crippen LogP contribution in [-0.2, 0) is 4.74 Å². The summed E-state index contributed by atoms with van der Waals surface area (Å²) in [5.74, 6) is 0. The van der Waals surface area contributed by atoms with Crippen molar-refractivity contribution in [1.29, 1.82) is 0 Å². The van der Waals surface area contributed by atoms with Crippen LogP contribution in [0.3, 0.4) is 0 Å². The number of rotatable bonds is 2. The summed E-state index contributed by atoms with van der Waals surface area (Å²) >= 11 is 0. The minimum atomic E-state index is -0.979. The van der Waals surface area contributed by atoms with Crippen molar-refractivity contribution in [3.05, 3.63) is 32.6 Å². The molecule has 1 fully saturated rings. The highest BCUT2D eigenvalue weighted by molar-refractivity contribution is 5.09. The number of H-pyrrole nitrogens is 2. The fraction of sp³-hybridized carbons (Fsp3) is 0.556. The molecule has 1 saturated heterocycles. The van der Waals surface area contributed by atoms with Crippen molar-refractivity contribution in [3.63, 3.8) is 0 Å². The van der Waals surface area contributed by atoms with Gasteiger partial charge in [0.05, 0.1) is 11.7 Å². The van der Waals surface area contributed by atoms with E-state index >= 15 is 0 Å². The van der Waals surface area contributed by atoms with Gasteiger partial charge in [0, 0.05) is 12.8 Å². The molecule has 1 aliphatic heterocycles. The Hall–Kier alpha value is -1.40. The SMILES string of the molecule is O=c1[nH]cc([C@@H](O)[C@@H]2CCCO2)c(=O)[nH]1. The Balaban J connectivity index is 2.28. The number of aromatic amines is 2. The van der Waals surface area contributed by atoms with Gasteiger partial charge in [-0.25, -0.2) is 4.79 Å². The first-order valence-electron chi connectivity index (χ1n) is 4.80. The summed E-state index contributed by atoms with van der Waals surface area (Å²) in [6, 6.07) is 0. The van der Waals surface area contributed by atoms with Gasteiger partial charge in [-0.2, -0.15) is 0 Å². The Morgan fingerprint density at radius 3 is 2.93 bits per heavy atom. The first kappa shape index (κ1) is 10.1. The minimum absolute atomic E-state index is 0.140. The summed E-state index contributed by atoms with van der Waals surface area (Å²) in [6.45, 7) is 0.600. The smallest absolute Gasteiger partial charge is 0.325 e. The van der Waals surface area contributed by atoms with Crippen molar-refractivity contribution < 1.29 is 9.84 Å². The zero-order chi connectivity index (χ0) is 10.8. The van der Waals surface area contributed by atoms with Gasteiger partial charge in [0.2, 0.25) is 0 Å². The van der Waals surface area contributed by atoms with Crippen LogP contribution >= 0.6 is 0 Å². The van der Waals surface area contributed by atoms with E-state index in [2.05, 4.69) is 9.97 Å². The summed E-state index contributed by atoms with van der Waals surface area (Å²) in [6.07, 6.45) is 1.50. The van der Waals surface area contributed by atoms with Gasteiger partial charge in [0.25, 0.3) is 5.56 Å². The molecule has 3 N–H and O–H groups in total. The maximum atomic E-state index is 11.3. The monoisotopic (exact) mass is 212 g/mol. The van der Waals surface area contributed by atoms with E-state index < -0.39 is 17.4 Å².